The number of hydrogen-bond donors (Lipinski definition) is 3. The first-order valence-electron chi connectivity index (χ1n) is 42.5. The zero-order chi connectivity index (χ0) is 74.2. The molecule has 0 aliphatic carbocycles. The van der Waals surface area contributed by atoms with Gasteiger partial charge in [0.25, 0.3) is 0 Å². The van der Waals surface area contributed by atoms with Gasteiger partial charge in [-0.05, 0) is 37.5 Å². The van der Waals surface area contributed by atoms with Crippen molar-refractivity contribution in [3.8, 4) is 0 Å². The van der Waals surface area contributed by atoms with Crippen LogP contribution >= 0.6 is 15.6 Å². The van der Waals surface area contributed by atoms with Crippen LogP contribution in [0, 0.1) is 11.8 Å². The van der Waals surface area contributed by atoms with Crippen LogP contribution in [0.3, 0.4) is 0 Å². The van der Waals surface area contributed by atoms with E-state index in [2.05, 4.69) is 41.5 Å². The normalized spacial score (nSPS) is 13.9. The zero-order valence-corrected chi connectivity index (χ0v) is 68.0. The molecule has 0 saturated heterocycles. The van der Waals surface area contributed by atoms with E-state index in [0.29, 0.717) is 25.7 Å². The fourth-order valence-corrected chi connectivity index (χ4v) is 14.3. The van der Waals surface area contributed by atoms with Crippen molar-refractivity contribution < 1.29 is 80.2 Å². The van der Waals surface area contributed by atoms with Crippen LogP contribution < -0.4 is 0 Å². The summed E-state index contributed by atoms with van der Waals surface area (Å²) in [5, 5.41) is 10.7. The van der Waals surface area contributed by atoms with Crippen LogP contribution in [0.15, 0.2) is 0 Å². The first kappa shape index (κ1) is 99.1. The maximum Gasteiger partial charge on any atom is 0.472 e. The maximum atomic E-state index is 13.1. The highest BCUT2D eigenvalue weighted by atomic mass is 31.2. The Kier molecular flexibility index (Phi) is 72.2. The molecule has 17 nitrogen and oxygen atoms in total. The van der Waals surface area contributed by atoms with E-state index in [1.54, 1.807) is 0 Å². The number of phosphoric ester groups is 2. The highest BCUT2D eigenvalue weighted by Gasteiger charge is 2.30. The summed E-state index contributed by atoms with van der Waals surface area (Å²) in [7, 11) is -9.92. The van der Waals surface area contributed by atoms with Gasteiger partial charge in [-0.3, -0.25) is 37.3 Å². The SMILES string of the molecule is CCCCCCCCCCCCCCCCCCCC(=O)OC[C@H](COP(=O)(O)OC[C@@H](O)COP(=O)(O)OC[C@@H](COC(=O)CCCCCCCCCCCCCC)OC(=O)CCCCCCCCCCCCC(C)C)OC(=O)CCCCCCCCCCCCCCCCCCC(C)C. The Bertz CT molecular complexity index is 1940. The van der Waals surface area contributed by atoms with Crippen molar-refractivity contribution >= 4 is 39.5 Å². The molecule has 0 spiro atoms. The lowest BCUT2D eigenvalue weighted by molar-refractivity contribution is -0.161. The second kappa shape index (κ2) is 73.6. The monoisotopic (exact) mass is 1480 g/mol. The van der Waals surface area contributed by atoms with E-state index in [1.807, 2.05) is 0 Å². The summed E-state index contributed by atoms with van der Waals surface area (Å²) in [5.41, 5.74) is 0. The minimum Gasteiger partial charge on any atom is -0.462 e. The van der Waals surface area contributed by atoms with Crippen LogP contribution in [-0.4, -0.2) is 96.7 Å². The molecule has 0 bridgehead atoms. The number of carbonyl (C=O) groups excluding carboxylic acids is 4. The Morgan fingerprint density at radius 2 is 0.455 bits per heavy atom. The number of phosphoric acid groups is 2. The first-order valence-corrected chi connectivity index (χ1v) is 45.5. The predicted octanol–water partition coefficient (Wildman–Crippen LogP) is 24.7. The molecule has 19 heteroatoms. The van der Waals surface area contributed by atoms with Gasteiger partial charge in [-0.2, -0.15) is 0 Å². The van der Waals surface area contributed by atoms with Gasteiger partial charge in [0.15, 0.2) is 12.2 Å². The van der Waals surface area contributed by atoms with E-state index in [4.69, 9.17) is 37.0 Å². The van der Waals surface area contributed by atoms with Gasteiger partial charge in [0.05, 0.1) is 26.4 Å². The van der Waals surface area contributed by atoms with Crippen molar-refractivity contribution in [2.75, 3.05) is 39.6 Å². The number of hydrogen-bond acceptors (Lipinski definition) is 15. The molecule has 0 heterocycles. The van der Waals surface area contributed by atoms with Crippen LogP contribution in [0.25, 0.3) is 0 Å². The molecule has 0 aliphatic rings. The van der Waals surface area contributed by atoms with Gasteiger partial charge in [-0.25, -0.2) is 9.13 Å². The third kappa shape index (κ3) is 76.1. The second-order valence-corrected chi connectivity index (χ2v) is 33.4. The Balaban J connectivity index is 5.25. The Labute approximate surface area is 619 Å². The molecule has 600 valence electrons. The number of aliphatic hydroxyl groups excluding tert-OH is 1. The largest absolute Gasteiger partial charge is 0.472 e. The summed E-state index contributed by atoms with van der Waals surface area (Å²) in [4.78, 5) is 73.1. The van der Waals surface area contributed by atoms with Crippen molar-refractivity contribution in [3.63, 3.8) is 0 Å². The van der Waals surface area contributed by atoms with Crippen molar-refractivity contribution in [3.05, 3.63) is 0 Å². The molecular weight excluding hydrogens is 1320 g/mol. The van der Waals surface area contributed by atoms with Crippen molar-refractivity contribution in [2.45, 2.75) is 452 Å². The summed E-state index contributed by atoms with van der Waals surface area (Å²) in [6.07, 6.45) is 63.7. The lowest BCUT2D eigenvalue weighted by Crippen LogP contribution is -2.30. The molecule has 101 heavy (non-hydrogen) atoms. The van der Waals surface area contributed by atoms with Crippen molar-refractivity contribution in [2.24, 2.45) is 11.8 Å². The highest BCUT2D eigenvalue weighted by molar-refractivity contribution is 7.47. The molecule has 0 amide bonds. The molecule has 0 aromatic heterocycles. The quantitative estimate of drug-likeness (QED) is 0.0222. The average Bonchev–Trinajstić information content (AvgIpc) is 0.950. The van der Waals surface area contributed by atoms with Crippen LogP contribution in [-0.2, 0) is 65.4 Å². The number of ether oxygens (including phenoxy) is 4. The standard InChI is InChI=1S/C82H160O17P2/c1-7-9-11-13-15-17-19-21-22-23-27-30-34-41-47-53-59-65-80(85)93-70-77(98-81(86)66-60-54-48-42-35-31-28-25-24-26-29-32-38-44-50-56-62-74(3)4)72-96-100(88,89)94-68-76(83)69-95-101(90,91)97-73-78(71-92-79(84)64-58-52-46-40-33-20-18-16-14-12-10-8-2)99-82(87)67-61-55-49-43-37-36-39-45-51-57-63-75(5)6/h74-78,83H,7-73H2,1-6H3,(H,88,89)(H,90,91)/t76-,77-,78-/m1/s1. The maximum absolute atomic E-state index is 13.1. The zero-order valence-electron chi connectivity index (χ0n) is 66.2. The molecule has 0 radical (unpaired) electrons. The van der Waals surface area contributed by atoms with Gasteiger partial charge in [-0.15, -0.1) is 0 Å². The minimum absolute atomic E-state index is 0.107. The fourth-order valence-electron chi connectivity index (χ4n) is 12.7. The van der Waals surface area contributed by atoms with Gasteiger partial charge in [-0.1, -0.05) is 382 Å². The Morgan fingerprint density at radius 3 is 0.673 bits per heavy atom. The smallest absolute Gasteiger partial charge is 0.462 e. The molecule has 5 atom stereocenters. The second-order valence-electron chi connectivity index (χ2n) is 30.5. The molecule has 0 aromatic carbocycles. The van der Waals surface area contributed by atoms with E-state index in [-0.39, 0.29) is 25.7 Å². The van der Waals surface area contributed by atoms with Gasteiger partial charge in [0.1, 0.15) is 19.3 Å². The molecule has 2 unspecified atom stereocenters. The fraction of sp³-hybridized carbons (Fsp3) is 0.951. The van der Waals surface area contributed by atoms with Crippen LogP contribution in [0.4, 0.5) is 0 Å². The molecular formula is C82H160O17P2. The number of aliphatic hydroxyl groups is 1. The van der Waals surface area contributed by atoms with Gasteiger partial charge >= 0.3 is 39.5 Å². The van der Waals surface area contributed by atoms with E-state index < -0.39 is 97.5 Å². The summed E-state index contributed by atoms with van der Waals surface area (Å²) < 4.78 is 68.8. The lowest BCUT2D eigenvalue weighted by Gasteiger charge is -2.21. The third-order valence-corrected chi connectivity index (χ3v) is 21.1. The Morgan fingerprint density at radius 1 is 0.267 bits per heavy atom. The molecule has 0 saturated carbocycles. The Hall–Kier alpha value is -1.94. The minimum atomic E-state index is -4.96. The van der Waals surface area contributed by atoms with Crippen molar-refractivity contribution in [1.29, 1.82) is 0 Å². The van der Waals surface area contributed by atoms with Gasteiger partial charge in [0.2, 0.25) is 0 Å². The van der Waals surface area contributed by atoms with Crippen LogP contribution in [0.1, 0.15) is 433 Å². The predicted molar refractivity (Wildman–Crippen MR) is 414 cm³/mol. The van der Waals surface area contributed by atoms with Crippen LogP contribution in [0.2, 0.25) is 0 Å². The van der Waals surface area contributed by atoms with E-state index in [0.717, 1.165) is 102 Å². The van der Waals surface area contributed by atoms with E-state index in [1.165, 1.54) is 250 Å². The first-order chi connectivity index (χ1) is 48.9. The number of unbranched alkanes of at least 4 members (excludes halogenated alkanes) is 51. The summed E-state index contributed by atoms with van der Waals surface area (Å²) in [6.45, 7) is 9.67. The number of esters is 4. The van der Waals surface area contributed by atoms with Crippen LogP contribution in [0.5, 0.6) is 0 Å². The average molecular weight is 1480 g/mol. The van der Waals surface area contributed by atoms with E-state index >= 15 is 0 Å². The highest BCUT2D eigenvalue weighted by Crippen LogP contribution is 2.45. The number of carbonyl (C=O) groups is 4. The van der Waals surface area contributed by atoms with Crippen molar-refractivity contribution in [1.82, 2.24) is 0 Å². The number of rotatable bonds is 81. The van der Waals surface area contributed by atoms with Gasteiger partial charge < -0.3 is 33.8 Å². The summed E-state index contributed by atoms with van der Waals surface area (Å²) in [6, 6.07) is 0. The van der Waals surface area contributed by atoms with Gasteiger partial charge in [0, 0.05) is 25.7 Å². The molecule has 0 fully saturated rings. The molecule has 0 rings (SSSR count). The third-order valence-electron chi connectivity index (χ3n) is 19.2. The van der Waals surface area contributed by atoms with E-state index in [9.17, 15) is 43.2 Å². The molecule has 0 aliphatic heterocycles. The summed E-state index contributed by atoms with van der Waals surface area (Å²) in [5.74, 6) is -0.544. The molecule has 0 aromatic rings. The topological polar surface area (TPSA) is 237 Å². The summed E-state index contributed by atoms with van der Waals surface area (Å²) >= 11 is 0. The lowest BCUT2D eigenvalue weighted by atomic mass is 10.0. The molecule has 3 N–H and O–H groups in total.